The third-order valence-corrected chi connectivity index (χ3v) is 5.79. The molecule has 1 N–H and O–H groups in total. The lowest BCUT2D eigenvalue weighted by atomic mass is 9.70. The van der Waals surface area contributed by atoms with E-state index in [1.54, 1.807) is 18.9 Å². The van der Waals surface area contributed by atoms with Gasteiger partial charge in [0.15, 0.2) is 0 Å². The lowest BCUT2D eigenvalue weighted by molar-refractivity contribution is -0.0732. The molecule has 3 rings (SSSR count). The molecule has 0 atom stereocenters. The van der Waals surface area contributed by atoms with Crippen molar-refractivity contribution in [3.63, 3.8) is 0 Å². The minimum atomic E-state index is -0.406. The van der Waals surface area contributed by atoms with Crippen LogP contribution in [0.25, 0.3) is 0 Å². The van der Waals surface area contributed by atoms with E-state index in [1.807, 2.05) is 0 Å². The molecule has 0 saturated heterocycles. The van der Waals surface area contributed by atoms with Gasteiger partial charge in [-0.05, 0) is 31.1 Å². The topological polar surface area (TPSA) is 55.0 Å². The van der Waals surface area contributed by atoms with Crippen molar-refractivity contribution in [1.82, 2.24) is 9.97 Å². The number of hydrogen-bond donors (Lipinski definition) is 1. The third-order valence-electron chi connectivity index (χ3n) is 4.82. The van der Waals surface area contributed by atoms with E-state index in [4.69, 9.17) is 9.72 Å². The van der Waals surface area contributed by atoms with Crippen LogP contribution < -0.4 is 5.56 Å². The molecule has 0 spiro atoms. The Morgan fingerprint density at radius 1 is 1.20 bits per heavy atom. The van der Waals surface area contributed by atoms with E-state index in [0.717, 1.165) is 54.3 Å². The van der Waals surface area contributed by atoms with E-state index in [1.165, 1.54) is 0 Å². The monoisotopic (exact) mass is 294 g/mol. The first kappa shape index (κ1) is 14.1. The van der Waals surface area contributed by atoms with Crippen LogP contribution in [0.3, 0.4) is 0 Å². The summed E-state index contributed by atoms with van der Waals surface area (Å²) in [7, 11) is 1.74. The minimum Gasteiger partial charge on any atom is -0.370 e. The largest absolute Gasteiger partial charge is 0.370 e. The Kier molecular flexibility index (Phi) is 3.45. The van der Waals surface area contributed by atoms with Gasteiger partial charge >= 0.3 is 0 Å². The zero-order valence-corrected chi connectivity index (χ0v) is 13.2. The minimum absolute atomic E-state index is 0.0243. The molecule has 0 bridgehead atoms. The molecule has 1 aliphatic heterocycles. The Balaban J connectivity index is 1.99. The van der Waals surface area contributed by atoms with Crippen molar-refractivity contribution in [1.29, 1.82) is 0 Å². The van der Waals surface area contributed by atoms with Crippen LogP contribution in [-0.2, 0) is 21.8 Å². The Hall–Kier alpha value is -0.810. The highest BCUT2D eigenvalue weighted by Crippen LogP contribution is 2.46. The van der Waals surface area contributed by atoms with Gasteiger partial charge in [-0.1, -0.05) is 13.8 Å². The van der Waals surface area contributed by atoms with Crippen LogP contribution in [-0.4, -0.2) is 17.1 Å². The van der Waals surface area contributed by atoms with Gasteiger partial charge in [-0.2, -0.15) is 11.8 Å². The van der Waals surface area contributed by atoms with Gasteiger partial charge < -0.3 is 9.72 Å². The molecule has 0 aromatic carbocycles. The molecular weight excluding hydrogens is 272 g/mol. The molecule has 4 nitrogen and oxygen atoms in total. The maximum absolute atomic E-state index is 12.2. The van der Waals surface area contributed by atoms with Crippen molar-refractivity contribution < 1.29 is 4.74 Å². The average Bonchev–Trinajstić information content (AvgIpc) is 2.88. The van der Waals surface area contributed by atoms with Crippen molar-refractivity contribution >= 4 is 11.8 Å². The first-order chi connectivity index (χ1) is 9.46. The fourth-order valence-electron chi connectivity index (χ4n) is 3.15. The summed E-state index contributed by atoms with van der Waals surface area (Å²) in [5, 5.41) is 0. The van der Waals surface area contributed by atoms with Gasteiger partial charge in [0.05, 0.1) is 5.69 Å². The van der Waals surface area contributed by atoms with E-state index in [-0.39, 0.29) is 5.56 Å². The van der Waals surface area contributed by atoms with Crippen molar-refractivity contribution in [2.75, 3.05) is 7.11 Å². The quantitative estimate of drug-likeness (QED) is 0.911. The van der Waals surface area contributed by atoms with E-state index >= 15 is 0 Å². The van der Waals surface area contributed by atoms with Gasteiger partial charge in [-0.3, -0.25) is 4.79 Å². The summed E-state index contributed by atoms with van der Waals surface area (Å²) in [6, 6.07) is 0. The molecule has 2 heterocycles. The Morgan fingerprint density at radius 2 is 1.90 bits per heavy atom. The molecule has 110 valence electrons. The molecule has 1 aromatic rings. The highest BCUT2D eigenvalue weighted by Gasteiger charge is 2.42. The van der Waals surface area contributed by atoms with Gasteiger partial charge in [-0.15, -0.1) is 0 Å². The molecule has 5 heteroatoms. The maximum Gasteiger partial charge on any atom is 0.255 e. The van der Waals surface area contributed by atoms with Crippen LogP contribution in [0.4, 0.5) is 0 Å². The zero-order chi connectivity index (χ0) is 14.4. The Bertz CT molecular complexity index is 570. The second-order valence-corrected chi connectivity index (χ2v) is 7.68. The number of H-pyrrole nitrogens is 1. The number of thioether (sulfide) groups is 1. The van der Waals surface area contributed by atoms with Gasteiger partial charge in [0.25, 0.3) is 5.56 Å². The van der Waals surface area contributed by atoms with Crippen LogP contribution in [0.1, 0.15) is 56.6 Å². The fourth-order valence-corrected chi connectivity index (χ4v) is 4.18. The first-order valence-electron chi connectivity index (χ1n) is 7.21. The number of hydrogen-bond acceptors (Lipinski definition) is 4. The standard InChI is InChI=1S/C15H22N2O2S/c1-14(2)4-6-15(19-3,7-5-14)13-16-11-9-20-8-10(11)12(18)17-13/h4-9H2,1-3H3,(H,16,17,18). The van der Waals surface area contributed by atoms with Gasteiger partial charge in [0, 0.05) is 24.2 Å². The predicted octanol–water partition coefficient (Wildman–Crippen LogP) is 2.96. The van der Waals surface area contributed by atoms with Crippen LogP contribution in [0.5, 0.6) is 0 Å². The summed E-state index contributed by atoms with van der Waals surface area (Å²) in [6.45, 7) is 4.59. The third kappa shape index (κ3) is 2.31. The van der Waals surface area contributed by atoms with Crippen molar-refractivity contribution in [2.24, 2.45) is 5.41 Å². The van der Waals surface area contributed by atoms with Crippen LogP contribution in [0.2, 0.25) is 0 Å². The molecule has 1 aliphatic carbocycles. The molecule has 1 saturated carbocycles. The lowest BCUT2D eigenvalue weighted by Crippen LogP contribution is -2.39. The maximum atomic E-state index is 12.2. The average molecular weight is 294 g/mol. The Labute approximate surface area is 123 Å². The van der Waals surface area contributed by atoms with E-state index in [0.29, 0.717) is 5.41 Å². The highest BCUT2D eigenvalue weighted by atomic mass is 32.2. The molecule has 2 aliphatic rings. The number of fused-ring (bicyclic) bond motifs is 1. The Morgan fingerprint density at radius 3 is 2.55 bits per heavy atom. The number of ether oxygens (including phenoxy) is 1. The molecule has 20 heavy (non-hydrogen) atoms. The molecule has 0 unspecified atom stereocenters. The van der Waals surface area contributed by atoms with Gasteiger partial charge in [-0.25, -0.2) is 4.98 Å². The lowest BCUT2D eigenvalue weighted by Gasteiger charge is -2.41. The van der Waals surface area contributed by atoms with Gasteiger partial charge in [0.2, 0.25) is 0 Å². The number of nitrogens with one attached hydrogen (secondary N) is 1. The predicted molar refractivity (Wildman–Crippen MR) is 80.8 cm³/mol. The highest BCUT2D eigenvalue weighted by molar-refractivity contribution is 7.98. The van der Waals surface area contributed by atoms with Crippen molar-refractivity contribution in [3.8, 4) is 0 Å². The normalized spacial score (nSPS) is 23.6. The summed E-state index contributed by atoms with van der Waals surface area (Å²) in [5.74, 6) is 2.37. The summed E-state index contributed by atoms with van der Waals surface area (Å²) >= 11 is 1.76. The SMILES string of the molecule is COC1(c2nc3c(c(=O)[nH]2)CSC3)CCC(C)(C)CC1. The number of methoxy groups -OCH3 is 1. The number of nitrogens with zero attached hydrogens (tertiary/aromatic N) is 1. The smallest absolute Gasteiger partial charge is 0.255 e. The van der Waals surface area contributed by atoms with Crippen LogP contribution in [0, 0.1) is 5.41 Å². The molecule has 0 radical (unpaired) electrons. The van der Waals surface area contributed by atoms with Crippen molar-refractivity contribution in [3.05, 3.63) is 27.4 Å². The van der Waals surface area contributed by atoms with E-state index in [9.17, 15) is 4.79 Å². The van der Waals surface area contributed by atoms with E-state index in [2.05, 4.69) is 18.8 Å². The number of aromatic amines is 1. The molecule has 1 aromatic heterocycles. The molecule has 1 fully saturated rings. The number of rotatable bonds is 2. The molecular formula is C15H22N2O2S. The fraction of sp³-hybridized carbons (Fsp3) is 0.733. The summed E-state index contributed by atoms with van der Waals surface area (Å²) in [4.78, 5) is 19.9. The van der Waals surface area contributed by atoms with Crippen molar-refractivity contribution in [2.45, 2.75) is 56.6 Å². The second-order valence-electron chi connectivity index (χ2n) is 6.70. The summed E-state index contributed by atoms with van der Waals surface area (Å²) in [5.41, 5.74) is 1.78. The second kappa shape index (κ2) is 4.88. The van der Waals surface area contributed by atoms with E-state index < -0.39 is 5.60 Å². The van der Waals surface area contributed by atoms with Crippen LogP contribution in [0.15, 0.2) is 4.79 Å². The summed E-state index contributed by atoms with van der Waals surface area (Å²) < 4.78 is 5.83. The molecule has 0 amide bonds. The van der Waals surface area contributed by atoms with Gasteiger partial charge in [0.1, 0.15) is 11.4 Å². The first-order valence-corrected chi connectivity index (χ1v) is 8.37. The summed E-state index contributed by atoms with van der Waals surface area (Å²) in [6.07, 6.45) is 4.03. The van der Waals surface area contributed by atoms with Crippen LogP contribution >= 0.6 is 11.8 Å². The number of aromatic nitrogens is 2. The zero-order valence-electron chi connectivity index (χ0n) is 12.4.